The van der Waals surface area contributed by atoms with E-state index in [1.165, 1.54) is 35.3 Å². The molecule has 3 aliphatic rings. The van der Waals surface area contributed by atoms with E-state index >= 15 is 0 Å². The van der Waals surface area contributed by atoms with Gasteiger partial charge >= 0.3 is 0 Å². The maximum atomic E-state index is 4.56. The molecule has 1 fully saturated rings. The minimum atomic E-state index is 0.668. The van der Waals surface area contributed by atoms with Crippen LogP contribution in [0.1, 0.15) is 35.6 Å². The highest BCUT2D eigenvalue weighted by Crippen LogP contribution is 2.39. The van der Waals surface area contributed by atoms with Crippen molar-refractivity contribution in [3.05, 3.63) is 65.5 Å². The number of aryl methyl sites for hydroxylation is 2. The Hall–Kier alpha value is -2.86. The molecule has 1 unspecified atom stereocenters. The monoisotopic (exact) mass is 347 g/mol. The number of aromatic amines is 1. The number of aliphatic imine (C=N–C) groups is 1. The lowest BCUT2D eigenvalue weighted by Gasteiger charge is -2.29. The smallest absolute Gasteiger partial charge is 0.232 e. The first-order chi connectivity index (χ1) is 12.7. The lowest BCUT2D eigenvalue weighted by atomic mass is 10.1. The molecule has 2 aromatic rings. The normalized spacial score (nSPS) is 21.5. The molecule has 3 heterocycles. The fraction of sp³-hybridized carbons (Fsp3) is 0.300. The summed E-state index contributed by atoms with van der Waals surface area (Å²) in [6.07, 6.45) is 8.65. The van der Waals surface area contributed by atoms with Gasteiger partial charge in [-0.15, -0.1) is 0 Å². The van der Waals surface area contributed by atoms with E-state index in [1.807, 2.05) is 6.20 Å². The van der Waals surface area contributed by atoms with Crippen molar-refractivity contribution in [1.29, 1.82) is 0 Å². The van der Waals surface area contributed by atoms with Crippen LogP contribution in [0.2, 0.25) is 0 Å². The minimum absolute atomic E-state index is 0.668. The van der Waals surface area contributed by atoms with Gasteiger partial charge in [0.25, 0.3) is 0 Å². The number of amidine groups is 1. The summed E-state index contributed by atoms with van der Waals surface area (Å²) < 4.78 is 0. The van der Waals surface area contributed by atoms with Crippen molar-refractivity contribution in [2.45, 2.75) is 32.6 Å². The number of nitrogens with one attached hydrogen (secondary N) is 3. The summed E-state index contributed by atoms with van der Waals surface area (Å²) in [6.45, 7) is 5.06. The number of rotatable bonds is 4. The van der Waals surface area contributed by atoms with Gasteiger partial charge in [0.15, 0.2) is 5.82 Å². The zero-order chi connectivity index (χ0) is 17.7. The van der Waals surface area contributed by atoms with Crippen LogP contribution in [0.3, 0.4) is 0 Å². The molecule has 2 aliphatic heterocycles. The number of anilines is 2. The highest BCUT2D eigenvalue weighted by molar-refractivity contribution is 5.84. The third-order valence-corrected chi connectivity index (χ3v) is 5.09. The number of fused-ring (bicyclic) bond motifs is 1. The van der Waals surface area contributed by atoms with Crippen LogP contribution in [-0.2, 0) is 0 Å². The predicted octanol–water partition coefficient (Wildman–Crippen LogP) is 2.40. The van der Waals surface area contributed by atoms with Crippen LogP contribution >= 0.6 is 0 Å². The van der Waals surface area contributed by atoms with Crippen LogP contribution in [0.25, 0.3) is 0 Å². The van der Waals surface area contributed by atoms with E-state index in [0.29, 0.717) is 5.92 Å². The van der Waals surface area contributed by atoms with Crippen molar-refractivity contribution in [3.63, 3.8) is 0 Å². The Balaban J connectivity index is 1.47. The van der Waals surface area contributed by atoms with Gasteiger partial charge < -0.3 is 4.90 Å². The molecule has 0 bridgehead atoms. The Morgan fingerprint density at radius 3 is 2.73 bits per heavy atom. The zero-order valence-corrected chi connectivity index (χ0v) is 15.1. The SMILES string of the molecule is Cc1cc(C)cc(N2C=C(Nc3cc(C4CC4)[nH]n3)[NH+]3C=CN=C3C2)c1. The molecule has 0 saturated heterocycles. The van der Waals surface area contributed by atoms with E-state index in [-0.39, 0.29) is 0 Å². The summed E-state index contributed by atoms with van der Waals surface area (Å²) in [5.41, 5.74) is 4.96. The van der Waals surface area contributed by atoms with Crippen LogP contribution in [0.5, 0.6) is 0 Å². The van der Waals surface area contributed by atoms with E-state index in [2.05, 4.69) is 75.9 Å². The standard InChI is InChI=1S/C20H22N6/c1-13-7-14(2)9-16(8-13)25-11-19-21-5-6-26(19)20(12-25)22-18-10-17(23-24-18)15-3-4-15/h5-10,12,15H,3-4,11H2,1-2H3,(H2,22,23,24)/p+1. The molecule has 26 heavy (non-hydrogen) atoms. The summed E-state index contributed by atoms with van der Waals surface area (Å²) in [6, 6.07) is 8.76. The van der Waals surface area contributed by atoms with Crippen molar-refractivity contribution >= 4 is 17.3 Å². The summed E-state index contributed by atoms with van der Waals surface area (Å²) in [5.74, 6) is 3.66. The molecule has 132 valence electrons. The molecule has 1 aromatic carbocycles. The average Bonchev–Trinajstić information content (AvgIpc) is 3.15. The Bertz CT molecular complexity index is 927. The fourth-order valence-corrected chi connectivity index (χ4v) is 3.70. The fourth-order valence-electron chi connectivity index (χ4n) is 3.70. The largest absolute Gasteiger partial charge is 0.329 e. The number of hydrogen-bond donors (Lipinski definition) is 3. The molecule has 1 aliphatic carbocycles. The number of aromatic nitrogens is 2. The summed E-state index contributed by atoms with van der Waals surface area (Å²) in [7, 11) is 0. The Morgan fingerprint density at radius 2 is 1.96 bits per heavy atom. The summed E-state index contributed by atoms with van der Waals surface area (Å²) >= 11 is 0. The molecule has 0 amide bonds. The first-order valence-corrected chi connectivity index (χ1v) is 9.16. The third-order valence-electron chi connectivity index (χ3n) is 5.09. The van der Waals surface area contributed by atoms with Crippen molar-refractivity contribution in [2.75, 3.05) is 16.8 Å². The molecule has 3 N–H and O–H groups in total. The number of H-pyrrole nitrogens is 1. The second-order valence-electron chi connectivity index (χ2n) is 7.43. The second kappa shape index (κ2) is 5.85. The quantitative estimate of drug-likeness (QED) is 0.796. The Kier molecular flexibility index (Phi) is 3.46. The van der Waals surface area contributed by atoms with Crippen LogP contribution in [-0.4, -0.2) is 22.6 Å². The van der Waals surface area contributed by atoms with Gasteiger partial charge in [-0.3, -0.25) is 10.4 Å². The number of benzene rings is 1. The van der Waals surface area contributed by atoms with Gasteiger partial charge in [0.1, 0.15) is 12.7 Å². The second-order valence-corrected chi connectivity index (χ2v) is 7.43. The summed E-state index contributed by atoms with van der Waals surface area (Å²) in [5, 5.41) is 11.1. The predicted molar refractivity (Wildman–Crippen MR) is 103 cm³/mol. The molecule has 1 atom stereocenters. The van der Waals surface area contributed by atoms with Crippen molar-refractivity contribution < 1.29 is 4.90 Å². The molecular weight excluding hydrogens is 324 g/mol. The van der Waals surface area contributed by atoms with Crippen LogP contribution < -0.4 is 15.1 Å². The number of hydrogen-bond acceptors (Lipinski definition) is 4. The highest BCUT2D eigenvalue weighted by Gasteiger charge is 2.32. The van der Waals surface area contributed by atoms with E-state index in [4.69, 9.17) is 0 Å². The van der Waals surface area contributed by atoms with E-state index in [9.17, 15) is 0 Å². The third kappa shape index (κ3) is 2.82. The first kappa shape index (κ1) is 15.4. The van der Waals surface area contributed by atoms with E-state index in [0.717, 1.165) is 28.9 Å². The van der Waals surface area contributed by atoms with Gasteiger partial charge in [-0.25, -0.2) is 9.89 Å². The van der Waals surface area contributed by atoms with Crippen molar-refractivity contribution in [1.82, 2.24) is 10.2 Å². The van der Waals surface area contributed by atoms with Gasteiger partial charge in [-0.1, -0.05) is 6.07 Å². The molecule has 5 rings (SSSR count). The molecule has 6 heteroatoms. The lowest BCUT2D eigenvalue weighted by molar-refractivity contribution is -0.698. The number of nitrogens with zero attached hydrogens (tertiary/aromatic N) is 3. The maximum Gasteiger partial charge on any atom is 0.232 e. The summed E-state index contributed by atoms with van der Waals surface area (Å²) in [4.78, 5) is 7.97. The van der Waals surface area contributed by atoms with Crippen molar-refractivity contribution in [2.24, 2.45) is 4.99 Å². The van der Waals surface area contributed by atoms with Crippen LogP contribution in [0.4, 0.5) is 11.5 Å². The zero-order valence-electron chi connectivity index (χ0n) is 15.1. The Labute approximate surface area is 152 Å². The van der Waals surface area contributed by atoms with Gasteiger partial charge in [0, 0.05) is 23.4 Å². The lowest BCUT2D eigenvalue weighted by Crippen LogP contribution is -3.10. The average molecular weight is 347 g/mol. The van der Waals surface area contributed by atoms with Crippen molar-refractivity contribution in [3.8, 4) is 0 Å². The number of quaternary nitrogens is 1. The molecule has 0 radical (unpaired) electrons. The topological polar surface area (TPSA) is 60.8 Å². The molecule has 0 spiro atoms. The molecule has 1 aromatic heterocycles. The van der Waals surface area contributed by atoms with Gasteiger partial charge in [0.2, 0.25) is 11.7 Å². The van der Waals surface area contributed by atoms with Crippen LogP contribution in [0.15, 0.2) is 53.7 Å². The van der Waals surface area contributed by atoms with Crippen LogP contribution in [0, 0.1) is 13.8 Å². The van der Waals surface area contributed by atoms with Gasteiger partial charge in [-0.05, 0) is 49.9 Å². The van der Waals surface area contributed by atoms with E-state index in [1.54, 1.807) is 0 Å². The molecule has 1 saturated carbocycles. The molecule has 6 nitrogen and oxygen atoms in total. The van der Waals surface area contributed by atoms with E-state index < -0.39 is 0 Å². The highest BCUT2D eigenvalue weighted by atomic mass is 15.4. The first-order valence-electron chi connectivity index (χ1n) is 9.16. The van der Waals surface area contributed by atoms with Gasteiger partial charge in [0.05, 0.1) is 12.4 Å². The maximum absolute atomic E-state index is 4.56. The van der Waals surface area contributed by atoms with Gasteiger partial charge in [-0.2, -0.15) is 5.10 Å². The Morgan fingerprint density at radius 1 is 1.15 bits per heavy atom. The minimum Gasteiger partial charge on any atom is -0.329 e. The molecular formula is C20H23N6+.